The molecule has 17 heavy (non-hydrogen) atoms. The van der Waals surface area contributed by atoms with Crippen molar-refractivity contribution in [3.05, 3.63) is 0 Å². The van der Waals surface area contributed by atoms with Crippen molar-refractivity contribution >= 4 is 5.91 Å². The number of morpholine rings is 1. The molecule has 2 saturated heterocycles. The van der Waals surface area contributed by atoms with Crippen LogP contribution in [0.1, 0.15) is 26.2 Å². The van der Waals surface area contributed by atoms with E-state index in [1.165, 1.54) is 0 Å². The van der Waals surface area contributed by atoms with Crippen molar-refractivity contribution in [2.45, 2.75) is 38.6 Å². The van der Waals surface area contributed by atoms with Gasteiger partial charge in [0, 0.05) is 19.7 Å². The summed E-state index contributed by atoms with van der Waals surface area (Å²) in [5, 5.41) is 0. The molecule has 0 N–H and O–H groups in total. The molecular weight excluding hydrogens is 222 g/mol. The Balaban J connectivity index is 1.77. The fourth-order valence-corrected chi connectivity index (χ4v) is 2.15. The van der Waals surface area contributed by atoms with Crippen LogP contribution in [-0.4, -0.2) is 56.1 Å². The van der Waals surface area contributed by atoms with Crippen molar-refractivity contribution in [1.82, 2.24) is 4.90 Å². The molecule has 1 amide bonds. The molecule has 0 radical (unpaired) electrons. The van der Waals surface area contributed by atoms with Gasteiger partial charge in [-0.25, -0.2) is 0 Å². The minimum absolute atomic E-state index is 0.0440. The minimum atomic E-state index is -0.420. The lowest BCUT2D eigenvalue weighted by molar-refractivity contribution is -0.195. The first-order valence-corrected chi connectivity index (χ1v) is 6.41. The fraction of sp³-hybridized carbons (Fsp3) is 0.917. The van der Waals surface area contributed by atoms with Crippen molar-refractivity contribution in [1.29, 1.82) is 0 Å². The summed E-state index contributed by atoms with van der Waals surface area (Å²) in [6.45, 7) is 5.12. The Labute approximate surface area is 102 Å². The summed E-state index contributed by atoms with van der Waals surface area (Å²) >= 11 is 0. The number of nitrogens with zero attached hydrogens (tertiary/aromatic N) is 1. The average molecular weight is 243 g/mol. The highest BCUT2D eigenvalue weighted by atomic mass is 16.7. The highest BCUT2D eigenvalue weighted by Gasteiger charge is 2.26. The molecule has 0 aromatic carbocycles. The Kier molecular flexibility index (Phi) is 4.76. The van der Waals surface area contributed by atoms with E-state index in [4.69, 9.17) is 14.2 Å². The van der Waals surface area contributed by atoms with E-state index in [1.54, 1.807) is 11.8 Å². The van der Waals surface area contributed by atoms with Gasteiger partial charge in [-0.15, -0.1) is 0 Å². The van der Waals surface area contributed by atoms with Crippen LogP contribution in [0.2, 0.25) is 0 Å². The summed E-state index contributed by atoms with van der Waals surface area (Å²) in [5.41, 5.74) is 0. The third kappa shape index (κ3) is 3.66. The van der Waals surface area contributed by atoms with Crippen LogP contribution in [0, 0.1) is 0 Å². The van der Waals surface area contributed by atoms with Gasteiger partial charge in [0.25, 0.3) is 5.91 Å². The van der Waals surface area contributed by atoms with Gasteiger partial charge in [0.2, 0.25) is 0 Å². The average Bonchev–Trinajstić information content (AvgIpc) is 2.40. The molecule has 0 aliphatic carbocycles. The van der Waals surface area contributed by atoms with E-state index in [2.05, 4.69) is 0 Å². The van der Waals surface area contributed by atoms with E-state index in [0.29, 0.717) is 26.3 Å². The van der Waals surface area contributed by atoms with E-state index in [9.17, 15) is 4.79 Å². The summed E-state index contributed by atoms with van der Waals surface area (Å²) in [5.74, 6) is 0.0440. The highest BCUT2D eigenvalue weighted by Crippen LogP contribution is 2.16. The van der Waals surface area contributed by atoms with Crippen molar-refractivity contribution in [2.24, 2.45) is 0 Å². The molecule has 98 valence electrons. The zero-order chi connectivity index (χ0) is 12.1. The molecule has 0 unspecified atom stereocenters. The van der Waals surface area contributed by atoms with E-state index < -0.39 is 6.10 Å². The van der Waals surface area contributed by atoms with E-state index in [-0.39, 0.29) is 12.2 Å². The molecule has 0 aromatic heterocycles. The summed E-state index contributed by atoms with van der Waals surface area (Å²) in [6.07, 6.45) is 2.47. The normalized spacial score (nSPS) is 27.8. The summed E-state index contributed by atoms with van der Waals surface area (Å²) < 4.78 is 16.3. The van der Waals surface area contributed by atoms with Gasteiger partial charge in [-0.3, -0.25) is 4.79 Å². The standard InChI is InChI=1S/C12H21NO4/c1-10(17-11-4-2-3-7-16-11)12(14)13-5-8-15-9-6-13/h10-11H,2-9H2,1H3/t10-,11-/m1/s1. The monoisotopic (exact) mass is 243 g/mol. The molecule has 2 fully saturated rings. The molecule has 2 atom stereocenters. The lowest BCUT2D eigenvalue weighted by Gasteiger charge is -2.31. The third-order valence-electron chi connectivity index (χ3n) is 3.16. The zero-order valence-electron chi connectivity index (χ0n) is 10.4. The molecule has 2 aliphatic rings. The van der Waals surface area contributed by atoms with Crippen molar-refractivity contribution in [3.63, 3.8) is 0 Å². The van der Waals surface area contributed by atoms with Crippen LogP contribution in [0.3, 0.4) is 0 Å². The Morgan fingerprint density at radius 3 is 2.71 bits per heavy atom. The highest BCUT2D eigenvalue weighted by molar-refractivity contribution is 5.80. The van der Waals surface area contributed by atoms with Crippen LogP contribution in [-0.2, 0) is 19.0 Å². The molecule has 0 spiro atoms. The Bertz CT molecular complexity index is 247. The first-order valence-electron chi connectivity index (χ1n) is 6.41. The third-order valence-corrected chi connectivity index (χ3v) is 3.16. The van der Waals surface area contributed by atoms with Gasteiger partial charge in [0.15, 0.2) is 6.29 Å². The second kappa shape index (κ2) is 6.33. The smallest absolute Gasteiger partial charge is 0.251 e. The molecule has 2 heterocycles. The largest absolute Gasteiger partial charge is 0.378 e. The predicted molar refractivity (Wildman–Crippen MR) is 61.5 cm³/mol. The van der Waals surface area contributed by atoms with Crippen LogP contribution in [0.25, 0.3) is 0 Å². The van der Waals surface area contributed by atoms with Crippen molar-refractivity contribution in [2.75, 3.05) is 32.9 Å². The molecule has 0 saturated carbocycles. The quantitative estimate of drug-likeness (QED) is 0.735. The van der Waals surface area contributed by atoms with Crippen molar-refractivity contribution < 1.29 is 19.0 Å². The maximum absolute atomic E-state index is 12.1. The fourth-order valence-electron chi connectivity index (χ4n) is 2.15. The SMILES string of the molecule is C[C@@H](O[C@@H]1CCCCO1)C(=O)N1CCOCC1. The predicted octanol–water partition coefficient (Wildman–Crippen LogP) is 0.777. The number of ether oxygens (including phenoxy) is 3. The van der Waals surface area contributed by atoms with Gasteiger partial charge in [-0.05, 0) is 26.2 Å². The Morgan fingerprint density at radius 2 is 2.06 bits per heavy atom. The van der Waals surface area contributed by atoms with Gasteiger partial charge in [-0.1, -0.05) is 0 Å². The maximum Gasteiger partial charge on any atom is 0.251 e. The van der Waals surface area contributed by atoms with Gasteiger partial charge >= 0.3 is 0 Å². The number of carbonyl (C=O) groups excluding carboxylic acids is 1. The van der Waals surface area contributed by atoms with E-state index in [0.717, 1.165) is 25.9 Å². The second-order valence-electron chi connectivity index (χ2n) is 4.51. The molecular formula is C12H21NO4. The number of rotatable bonds is 3. The Morgan fingerprint density at radius 1 is 1.29 bits per heavy atom. The zero-order valence-corrected chi connectivity index (χ0v) is 10.4. The van der Waals surface area contributed by atoms with Gasteiger partial charge in [-0.2, -0.15) is 0 Å². The second-order valence-corrected chi connectivity index (χ2v) is 4.51. The van der Waals surface area contributed by atoms with Gasteiger partial charge < -0.3 is 19.1 Å². The Hall–Kier alpha value is -0.650. The molecule has 2 aliphatic heterocycles. The van der Waals surface area contributed by atoms with Crippen LogP contribution < -0.4 is 0 Å². The first-order chi connectivity index (χ1) is 8.27. The van der Waals surface area contributed by atoms with Crippen LogP contribution in [0.5, 0.6) is 0 Å². The number of carbonyl (C=O) groups is 1. The summed E-state index contributed by atoms with van der Waals surface area (Å²) in [7, 11) is 0. The first kappa shape index (κ1) is 12.8. The van der Waals surface area contributed by atoms with Crippen molar-refractivity contribution in [3.8, 4) is 0 Å². The molecule has 2 rings (SSSR count). The van der Waals surface area contributed by atoms with Crippen LogP contribution >= 0.6 is 0 Å². The van der Waals surface area contributed by atoms with Gasteiger partial charge in [0.05, 0.1) is 13.2 Å². The summed E-state index contributed by atoms with van der Waals surface area (Å²) in [6, 6.07) is 0. The number of hydrogen-bond donors (Lipinski definition) is 0. The molecule has 0 aromatic rings. The molecule has 5 nitrogen and oxygen atoms in total. The minimum Gasteiger partial charge on any atom is -0.378 e. The number of amides is 1. The van der Waals surface area contributed by atoms with Crippen LogP contribution in [0.15, 0.2) is 0 Å². The summed E-state index contributed by atoms with van der Waals surface area (Å²) in [4.78, 5) is 13.9. The van der Waals surface area contributed by atoms with E-state index in [1.807, 2.05) is 0 Å². The van der Waals surface area contributed by atoms with Gasteiger partial charge in [0.1, 0.15) is 6.10 Å². The lowest BCUT2D eigenvalue weighted by atomic mass is 10.2. The van der Waals surface area contributed by atoms with E-state index >= 15 is 0 Å². The number of hydrogen-bond acceptors (Lipinski definition) is 4. The topological polar surface area (TPSA) is 48.0 Å². The lowest BCUT2D eigenvalue weighted by Crippen LogP contribution is -2.46. The molecule has 5 heteroatoms. The maximum atomic E-state index is 12.1. The van der Waals surface area contributed by atoms with Crippen LogP contribution in [0.4, 0.5) is 0 Å². The molecule has 0 bridgehead atoms.